The van der Waals surface area contributed by atoms with Gasteiger partial charge < -0.3 is 10.2 Å². The minimum atomic E-state index is -0.419. The summed E-state index contributed by atoms with van der Waals surface area (Å²) >= 11 is 0. The molecular weight excluding hydrogens is 314 g/mol. The number of benzene rings is 1. The van der Waals surface area contributed by atoms with Crippen LogP contribution < -0.4 is 5.32 Å². The number of fused-ring (bicyclic) bond motifs is 1. The number of hydrogen-bond acceptors (Lipinski definition) is 3. The molecule has 5 heteroatoms. The fourth-order valence-corrected chi connectivity index (χ4v) is 3.29. The lowest BCUT2D eigenvalue weighted by molar-refractivity contribution is -0.142. The molecule has 1 N–H and O–H groups in total. The van der Waals surface area contributed by atoms with E-state index in [0.717, 1.165) is 36.0 Å². The van der Waals surface area contributed by atoms with Crippen molar-refractivity contribution in [2.75, 3.05) is 18.4 Å². The number of anilines is 1. The first-order valence-electron chi connectivity index (χ1n) is 8.80. The fraction of sp³-hybridized carbons (Fsp3) is 0.450. The highest BCUT2D eigenvalue weighted by Gasteiger charge is 2.33. The normalized spacial score (nSPS) is 18.2. The van der Waals surface area contributed by atoms with Gasteiger partial charge in [-0.1, -0.05) is 39.0 Å². The number of amides is 2. The monoisotopic (exact) mass is 339 g/mol. The molecule has 0 saturated carbocycles. The molecule has 0 radical (unpaired) electrons. The number of nitrogens with one attached hydrogen (secondary N) is 1. The van der Waals surface area contributed by atoms with E-state index < -0.39 is 5.41 Å². The van der Waals surface area contributed by atoms with Crippen LogP contribution in [0.15, 0.2) is 36.5 Å². The van der Waals surface area contributed by atoms with Crippen LogP contribution in [-0.2, 0) is 9.59 Å². The average molecular weight is 339 g/mol. The molecule has 0 bridgehead atoms. The summed E-state index contributed by atoms with van der Waals surface area (Å²) in [6.07, 6.45) is 3.38. The van der Waals surface area contributed by atoms with Crippen molar-refractivity contribution in [3.05, 3.63) is 36.5 Å². The Balaban J connectivity index is 1.73. The number of hydrogen-bond donors (Lipinski definition) is 1. The predicted molar refractivity (Wildman–Crippen MR) is 99.1 cm³/mol. The molecule has 1 aliphatic heterocycles. The highest BCUT2D eigenvalue weighted by atomic mass is 16.2. The molecule has 5 nitrogen and oxygen atoms in total. The van der Waals surface area contributed by atoms with E-state index in [1.807, 2.05) is 56.0 Å². The van der Waals surface area contributed by atoms with Crippen LogP contribution in [0.5, 0.6) is 0 Å². The Bertz CT molecular complexity index is 790. The summed E-state index contributed by atoms with van der Waals surface area (Å²) in [7, 11) is 0. The van der Waals surface area contributed by atoms with E-state index in [-0.39, 0.29) is 17.7 Å². The molecule has 1 saturated heterocycles. The summed E-state index contributed by atoms with van der Waals surface area (Å²) in [5.41, 5.74) is 1.09. The van der Waals surface area contributed by atoms with Gasteiger partial charge in [0.15, 0.2) is 0 Å². The lowest BCUT2D eigenvalue weighted by Crippen LogP contribution is -2.47. The molecular formula is C20H25N3O2. The summed E-state index contributed by atoms with van der Waals surface area (Å²) in [6.45, 7) is 6.97. The number of rotatable bonds is 2. The van der Waals surface area contributed by atoms with Crippen LogP contribution >= 0.6 is 0 Å². The third kappa shape index (κ3) is 3.81. The predicted octanol–water partition coefficient (Wildman–Crippen LogP) is 3.46. The van der Waals surface area contributed by atoms with Crippen molar-refractivity contribution >= 4 is 28.4 Å². The van der Waals surface area contributed by atoms with Crippen LogP contribution in [0.1, 0.15) is 33.6 Å². The molecule has 3 rings (SSSR count). The number of nitrogens with zero attached hydrogens (tertiary/aromatic N) is 2. The second-order valence-corrected chi connectivity index (χ2v) is 7.71. The summed E-state index contributed by atoms with van der Waals surface area (Å²) in [4.78, 5) is 31.5. The van der Waals surface area contributed by atoms with E-state index in [2.05, 4.69) is 10.3 Å². The number of piperidine rings is 1. The summed E-state index contributed by atoms with van der Waals surface area (Å²) in [5.74, 6) is -0.111. The lowest BCUT2D eigenvalue weighted by atomic mass is 9.91. The Hall–Kier alpha value is -2.43. The van der Waals surface area contributed by atoms with E-state index >= 15 is 0 Å². The molecule has 132 valence electrons. The molecule has 1 atom stereocenters. The van der Waals surface area contributed by atoms with Crippen molar-refractivity contribution in [3.63, 3.8) is 0 Å². The molecule has 2 heterocycles. The highest BCUT2D eigenvalue weighted by molar-refractivity contribution is 6.01. The van der Waals surface area contributed by atoms with Crippen molar-refractivity contribution in [1.29, 1.82) is 0 Å². The maximum Gasteiger partial charge on any atom is 0.229 e. The van der Waals surface area contributed by atoms with E-state index in [0.29, 0.717) is 6.54 Å². The van der Waals surface area contributed by atoms with Crippen molar-refractivity contribution in [2.45, 2.75) is 33.6 Å². The second kappa shape index (κ2) is 6.82. The topological polar surface area (TPSA) is 62.3 Å². The Morgan fingerprint density at radius 2 is 1.96 bits per heavy atom. The van der Waals surface area contributed by atoms with Gasteiger partial charge in [-0.25, -0.2) is 0 Å². The maximum absolute atomic E-state index is 12.8. The van der Waals surface area contributed by atoms with Gasteiger partial charge in [0.2, 0.25) is 11.8 Å². The Morgan fingerprint density at radius 1 is 1.20 bits per heavy atom. The second-order valence-electron chi connectivity index (χ2n) is 7.71. The van der Waals surface area contributed by atoms with Gasteiger partial charge in [-0.2, -0.15) is 0 Å². The van der Waals surface area contributed by atoms with Gasteiger partial charge in [0, 0.05) is 30.1 Å². The van der Waals surface area contributed by atoms with Gasteiger partial charge in [-0.15, -0.1) is 0 Å². The molecule has 0 spiro atoms. The maximum atomic E-state index is 12.8. The third-order valence-electron chi connectivity index (χ3n) is 4.61. The van der Waals surface area contributed by atoms with E-state index in [9.17, 15) is 9.59 Å². The SMILES string of the molecule is CC(C)(C)C(=O)N1CCCC(C(=O)Nc2cccc3cccnc23)C1. The van der Waals surface area contributed by atoms with Crippen LogP contribution in [-0.4, -0.2) is 34.8 Å². The third-order valence-corrected chi connectivity index (χ3v) is 4.61. The number of carbonyl (C=O) groups excluding carboxylic acids is 2. The van der Waals surface area contributed by atoms with Crippen molar-refractivity contribution in [3.8, 4) is 0 Å². The molecule has 1 fully saturated rings. The Labute approximate surface area is 148 Å². The molecule has 0 aliphatic carbocycles. The number of carbonyl (C=O) groups is 2. The van der Waals surface area contributed by atoms with E-state index in [4.69, 9.17) is 0 Å². The van der Waals surface area contributed by atoms with Crippen LogP contribution in [0.25, 0.3) is 10.9 Å². The first kappa shape index (κ1) is 17.4. The molecule has 25 heavy (non-hydrogen) atoms. The summed E-state index contributed by atoms with van der Waals surface area (Å²) in [5, 5.41) is 4.01. The molecule has 1 aliphatic rings. The minimum Gasteiger partial charge on any atom is -0.341 e. The first-order valence-corrected chi connectivity index (χ1v) is 8.80. The van der Waals surface area contributed by atoms with Crippen LogP contribution in [0.2, 0.25) is 0 Å². The van der Waals surface area contributed by atoms with Gasteiger partial charge >= 0.3 is 0 Å². The molecule has 2 amide bonds. The van der Waals surface area contributed by atoms with E-state index in [1.54, 1.807) is 6.20 Å². The van der Waals surface area contributed by atoms with Gasteiger partial charge in [0.25, 0.3) is 0 Å². The van der Waals surface area contributed by atoms with Crippen LogP contribution in [0.4, 0.5) is 5.69 Å². The van der Waals surface area contributed by atoms with Crippen molar-refractivity contribution < 1.29 is 9.59 Å². The van der Waals surface area contributed by atoms with Crippen LogP contribution in [0, 0.1) is 11.3 Å². The Kier molecular flexibility index (Phi) is 4.75. The summed E-state index contributed by atoms with van der Waals surface area (Å²) < 4.78 is 0. The molecule has 1 unspecified atom stereocenters. The lowest BCUT2D eigenvalue weighted by Gasteiger charge is -2.35. The number of aromatic nitrogens is 1. The highest BCUT2D eigenvalue weighted by Crippen LogP contribution is 2.26. The smallest absolute Gasteiger partial charge is 0.229 e. The number of likely N-dealkylation sites (tertiary alicyclic amines) is 1. The van der Waals surface area contributed by atoms with Crippen LogP contribution in [0.3, 0.4) is 0 Å². The minimum absolute atomic E-state index is 0.0374. The zero-order chi connectivity index (χ0) is 18.0. The van der Waals surface area contributed by atoms with Gasteiger partial charge in [0.1, 0.15) is 0 Å². The average Bonchev–Trinajstić information content (AvgIpc) is 2.60. The number of para-hydroxylation sites is 1. The first-order chi connectivity index (χ1) is 11.9. The largest absolute Gasteiger partial charge is 0.341 e. The van der Waals surface area contributed by atoms with Gasteiger partial charge in [-0.3, -0.25) is 14.6 Å². The fourth-order valence-electron chi connectivity index (χ4n) is 3.29. The molecule has 2 aromatic rings. The quantitative estimate of drug-likeness (QED) is 0.911. The van der Waals surface area contributed by atoms with Gasteiger partial charge in [0.05, 0.1) is 17.1 Å². The molecule has 1 aromatic carbocycles. The summed E-state index contributed by atoms with van der Waals surface area (Å²) in [6, 6.07) is 9.61. The van der Waals surface area contributed by atoms with Crippen molar-refractivity contribution in [1.82, 2.24) is 9.88 Å². The zero-order valence-electron chi connectivity index (χ0n) is 15.1. The standard InChI is InChI=1S/C20H25N3O2/c1-20(2,3)19(25)23-12-6-9-15(13-23)18(24)22-16-10-4-7-14-8-5-11-21-17(14)16/h4-5,7-8,10-11,15H,6,9,12-13H2,1-3H3,(H,22,24). The van der Waals surface area contributed by atoms with Gasteiger partial charge in [-0.05, 0) is 25.0 Å². The van der Waals surface area contributed by atoms with E-state index in [1.165, 1.54) is 0 Å². The van der Waals surface area contributed by atoms with Crippen molar-refractivity contribution in [2.24, 2.45) is 11.3 Å². The Morgan fingerprint density at radius 3 is 2.72 bits per heavy atom. The number of pyridine rings is 1. The molecule has 1 aromatic heterocycles. The zero-order valence-corrected chi connectivity index (χ0v) is 15.1.